The predicted octanol–water partition coefficient (Wildman–Crippen LogP) is 2.03. The van der Waals surface area contributed by atoms with Gasteiger partial charge in [0.2, 0.25) is 0 Å². The maximum Gasteiger partial charge on any atom is 0.177 e. The molecule has 0 aliphatic rings. The monoisotopic (exact) mass is 273 g/mol. The molecular formula is C13H11N3O2S. The number of benzene rings is 1. The van der Waals surface area contributed by atoms with Crippen molar-refractivity contribution in [1.82, 2.24) is 15.0 Å². The molecule has 3 aromatic rings. The van der Waals surface area contributed by atoms with Gasteiger partial charge >= 0.3 is 0 Å². The summed E-state index contributed by atoms with van der Waals surface area (Å²) in [4.78, 5) is 11.7. The van der Waals surface area contributed by atoms with Crippen molar-refractivity contribution in [2.24, 2.45) is 0 Å². The third-order valence-electron chi connectivity index (χ3n) is 2.81. The van der Waals surface area contributed by atoms with Gasteiger partial charge in [-0.3, -0.25) is 4.98 Å². The van der Waals surface area contributed by atoms with Gasteiger partial charge in [0.05, 0.1) is 10.4 Å². The average Bonchev–Trinajstić information content (AvgIpc) is 2.82. The zero-order valence-corrected chi connectivity index (χ0v) is 11.0. The molecule has 0 saturated heterocycles. The van der Waals surface area contributed by atoms with Crippen LogP contribution in [0.1, 0.15) is 0 Å². The van der Waals surface area contributed by atoms with Crippen molar-refractivity contribution in [1.29, 1.82) is 0 Å². The Kier molecular flexibility index (Phi) is 2.60. The molecule has 96 valence electrons. The Balaban J connectivity index is 2.28. The summed E-state index contributed by atoms with van der Waals surface area (Å²) in [5.74, 6) is 0.610. The molecule has 3 rings (SSSR count). The van der Waals surface area contributed by atoms with E-state index in [4.69, 9.17) is 0 Å². The number of aromatic amines is 1. The highest BCUT2D eigenvalue weighted by Crippen LogP contribution is 2.24. The topological polar surface area (TPSA) is 75.7 Å². The van der Waals surface area contributed by atoms with Gasteiger partial charge in [0.15, 0.2) is 9.84 Å². The molecule has 0 bridgehead atoms. The molecule has 0 spiro atoms. The maximum atomic E-state index is 11.7. The molecule has 2 heterocycles. The number of H-pyrrole nitrogens is 1. The lowest BCUT2D eigenvalue weighted by Crippen LogP contribution is -1.97. The van der Waals surface area contributed by atoms with Crippen LogP contribution >= 0.6 is 0 Å². The molecule has 0 radical (unpaired) electrons. The number of imidazole rings is 1. The fraction of sp³-hybridized carbons (Fsp3) is 0.0769. The van der Waals surface area contributed by atoms with Gasteiger partial charge in [-0.15, -0.1) is 0 Å². The summed E-state index contributed by atoms with van der Waals surface area (Å²) >= 11 is 0. The molecule has 0 aliphatic carbocycles. The molecule has 2 aromatic heterocycles. The molecular weight excluding hydrogens is 262 g/mol. The number of fused-ring (bicyclic) bond motifs is 1. The molecule has 0 atom stereocenters. The zero-order chi connectivity index (χ0) is 13.5. The van der Waals surface area contributed by atoms with Crippen LogP contribution in [0.4, 0.5) is 0 Å². The summed E-state index contributed by atoms with van der Waals surface area (Å²) in [6.45, 7) is 0. The van der Waals surface area contributed by atoms with E-state index >= 15 is 0 Å². The van der Waals surface area contributed by atoms with E-state index in [0.29, 0.717) is 16.9 Å². The highest BCUT2D eigenvalue weighted by atomic mass is 32.2. The lowest BCUT2D eigenvalue weighted by molar-refractivity contribution is 0.602. The van der Waals surface area contributed by atoms with Gasteiger partial charge in [-0.2, -0.15) is 0 Å². The van der Waals surface area contributed by atoms with Crippen LogP contribution in [-0.4, -0.2) is 29.6 Å². The number of nitrogens with zero attached hydrogens (tertiary/aromatic N) is 2. The maximum absolute atomic E-state index is 11.7. The fourth-order valence-electron chi connectivity index (χ4n) is 1.94. The number of hydrogen-bond donors (Lipinski definition) is 1. The van der Waals surface area contributed by atoms with Crippen LogP contribution in [0.2, 0.25) is 0 Å². The van der Waals surface area contributed by atoms with E-state index < -0.39 is 9.84 Å². The Morgan fingerprint density at radius 3 is 2.68 bits per heavy atom. The van der Waals surface area contributed by atoms with Crippen LogP contribution in [-0.2, 0) is 9.84 Å². The van der Waals surface area contributed by atoms with Crippen LogP contribution < -0.4 is 0 Å². The van der Waals surface area contributed by atoms with Crippen LogP contribution in [0.25, 0.3) is 22.4 Å². The number of pyridine rings is 1. The van der Waals surface area contributed by atoms with Gasteiger partial charge in [0.25, 0.3) is 0 Å². The molecule has 0 aliphatic heterocycles. The number of aromatic nitrogens is 3. The molecule has 1 aromatic carbocycles. The first-order chi connectivity index (χ1) is 9.05. The predicted molar refractivity (Wildman–Crippen MR) is 72.4 cm³/mol. The Bertz CT molecular complexity index is 839. The van der Waals surface area contributed by atoms with Crippen molar-refractivity contribution in [3.8, 4) is 11.4 Å². The first-order valence-electron chi connectivity index (χ1n) is 5.65. The van der Waals surface area contributed by atoms with Gasteiger partial charge in [-0.1, -0.05) is 6.07 Å². The van der Waals surface area contributed by atoms with Gasteiger partial charge in [-0.25, -0.2) is 13.4 Å². The molecule has 1 N–H and O–H groups in total. The van der Waals surface area contributed by atoms with Crippen LogP contribution in [0.5, 0.6) is 0 Å². The van der Waals surface area contributed by atoms with Crippen molar-refractivity contribution in [3.63, 3.8) is 0 Å². The van der Waals surface area contributed by atoms with E-state index in [1.54, 1.807) is 36.7 Å². The van der Waals surface area contributed by atoms with E-state index in [1.807, 2.05) is 6.07 Å². The van der Waals surface area contributed by atoms with E-state index in [0.717, 1.165) is 5.56 Å². The second kappa shape index (κ2) is 4.17. The van der Waals surface area contributed by atoms with Crippen LogP contribution in [0.3, 0.4) is 0 Å². The number of hydrogen-bond acceptors (Lipinski definition) is 4. The number of sulfone groups is 1. The quantitative estimate of drug-likeness (QED) is 0.775. The fourth-order valence-corrected chi connectivity index (χ4v) is 2.78. The minimum atomic E-state index is -3.30. The first kappa shape index (κ1) is 11.9. The molecule has 0 saturated carbocycles. The molecule has 6 heteroatoms. The number of nitrogens with one attached hydrogen (secondary N) is 1. The number of rotatable bonds is 2. The Hall–Kier alpha value is -2.21. The highest BCUT2D eigenvalue weighted by Gasteiger charge is 2.15. The summed E-state index contributed by atoms with van der Waals surface area (Å²) in [7, 11) is -3.30. The summed E-state index contributed by atoms with van der Waals surface area (Å²) < 4.78 is 23.5. The Morgan fingerprint density at radius 1 is 1.16 bits per heavy atom. The molecule has 0 fully saturated rings. The molecule has 0 amide bonds. The molecule has 19 heavy (non-hydrogen) atoms. The minimum absolute atomic E-state index is 0.233. The van der Waals surface area contributed by atoms with Crippen LogP contribution in [0.15, 0.2) is 47.6 Å². The zero-order valence-electron chi connectivity index (χ0n) is 10.2. The van der Waals surface area contributed by atoms with Gasteiger partial charge < -0.3 is 4.98 Å². The second-order valence-corrected chi connectivity index (χ2v) is 6.24. The highest BCUT2D eigenvalue weighted by molar-refractivity contribution is 7.91. The van der Waals surface area contributed by atoms with Crippen molar-refractivity contribution in [3.05, 3.63) is 42.7 Å². The Morgan fingerprint density at radius 2 is 2.00 bits per heavy atom. The summed E-state index contributed by atoms with van der Waals surface area (Å²) in [6.07, 6.45) is 4.53. The summed E-state index contributed by atoms with van der Waals surface area (Å²) in [5.41, 5.74) is 1.98. The third kappa shape index (κ3) is 2.10. The standard InChI is InChI=1S/C13H11N3O2S/c1-19(17,18)11-6-2-5-10-12(11)16-13(15-10)9-4-3-7-14-8-9/h2-8H,1H3,(H,15,16). The van der Waals surface area contributed by atoms with Crippen molar-refractivity contribution >= 4 is 20.9 Å². The van der Waals surface area contributed by atoms with E-state index in [1.165, 1.54) is 6.26 Å². The summed E-state index contributed by atoms with van der Waals surface area (Å²) in [5, 5.41) is 0. The average molecular weight is 273 g/mol. The lowest BCUT2D eigenvalue weighted by Gasteiger charge is -1.97. The lowest BCUT2D eigenvalue weighted by atomic mass is 10.3. The minimum Gasteiger partial charge on any atom is -0.338 e. The van der Waals surface area contributed by atoms with Crippen molar-refractivity contribution in [2.45, 2.75) is 4.90 Å². The van der Waals surface area contributed by atoms with Crippen molar-refractivity contribution < 1.29 is 8.42 Å². The molecule has 5 nitrogen and oxygen atoms in total. The smallest absolute Gasteiger partial charge is 0.177 e. The first-order valence-corrected chi connectivity index (χ1v) is 7.54. The van der Waals surface area contributed by atoms with Gasteiger partial charge in [0.1, 0.15) is 11.3 Å². The van der Waals surface area contributed by atoms with E-state index in [9.17, 15) is 8.42 Å². The normalized spacial score (nSPS) is 11.8. The summed E-state index contributed by atoms with van der Waals surface area (Å²) in [6, 6.07) is 8.73. The van der Waals surface area contributed by atoms with E-state index in [-0.39, 0.29) is 4.90 Å². The largest absolute Gasteiger partial charge is 0.338 e. The van der Waals surface area contributed by atoms with Crippen molar-refractivity contribution in [2.75, 3.05) is 6.26 Å². The van der Waals surface area contributed by atoms with Gasteiger partial charge in [0, 0.05) is 24.2 Å². The SMILES string of the molecule is CS(=O)(=O)c1cccc2[nH]c(-c3cccnc3)nc12. The number of para-hydroxylation sites is 1. The van der Waals surface area contributed by atoms with Crippen LogP contribution in [0, 0.1) is 0 Å². The third-order valence-corrected chi connectivity index (χ3v) is 3.94. The van der Waals surface area contributed by atoms with E-state index in [2.05, 4.69) is 15.0 Å². The molecule has 0 unspecified atom stereocenters. The Labute approximate surface area is 110 Å². The van der Waals surface area contributed by atoms with Gasteiger partial charge in [-0.05, 0) is 24.3 Å². The second-order valence-electron chi connectivity index (χ2n) is 4.25.